The highest BCUT2D eigenvalue weighted by molar-refractivity contribution is 7.18. The van der Waals surface area contributed by atoms with Gasteiger partial charge in [0.2, 0.25) is 0 Å². The Hall–Kier alpha value is -3.29. The second kappa shape index (κ2) is 11.0. The zero-order valence-electron chi connectivity index (χ0n) is 20.0. The number of nitrogens with one attached hydrogen (secondary N) is 1. The number of rotatable bonds is 10. The fraction of sp³-hybridized carbons (Fsp3) is 0.286. The topological polar surface area (TPSA) is 71.5 Å². The Morgan fingerprint density at radius 3 is 2.46 bits per heavy atom. The molecule has 0 bridgehead atoms. The van der Waals surface area contributed by atoms with E-state index in [0.717, 1.165) is 43.3 Å². The second-order valence-corrected chi connectivity index (χ2v) is 9.75. The third-order valence-corrected chi connectivity index (χ3v) is 6.89. The zero-order valence-corrected chi connectivity index (χ0v) is 20.9. The number of ether oxygens (including phenoxy) is 1. The highest BCUT2D eigenvalue weighted by Gasteiger charge is 2.20. The second-order valence-electron chi connectivity index (χ2n) is 8.52. The third-order valence-electron chi connectivity index (χ3n) is 5.96. The van der Waals surface area contributed by atoms with Gasteiger partial charge < -0.3 is 15.2 Å². The molecule has 0 amide bonds. The number of anilines is 2. The van der Waals surface area contributed by atoms with Gasteiger partial charge in [0.15, 0.2) is 0 Å². The molecule has 4 rings (SSSR count). The normalized spacial score (nSPS) is 13.0. The summed E-state index contributed by atoms with van der Waals surface area (Å²) in [6.45, 7) is 6.38. The Morgan fingerprint density at radius 1 is 1.03 bits per heavy atom. The fourth-order valence-electron chi connectivity index (χ4n) is 4.32. The molecule has 0 aliphatic heterocycles. The Morgan fingerprint density at radius 2 is 1.77 bits per heavy atom. The number of nitrogens with zero attached hydrogens (tertiary/aromatic N) is 1. The molecule has 0 saturated carbocycles. The summed E-state index contributed by atoms with van der Waals surface area (Å²) in [6, 6.07) is 18.4. The number of aromatic nitrogens is 1. The average Bonchev–Trinajstić information content (AvgIpc) is 3.20. The summed E-state index contributed by atoms with van der Waals surface area (Å²) in [5.41, 5.74) is 5.38. The van der Waals surface area contributed by atoms with Crippen molar-refractivity contribution < 1.29 is 19.0 Å². The summed E-state index contributed by atoms with van der Waals surface area (Å²) >= 11 is 1.64. The number of aryl methyl sites for hydroxylation is 1. The van der Waals surface area contributed by atoms with E-state index in [1.807, 2.05) is 51.1 Å². The summed E-state index contributed by atoms with van der Waals surface area (Å²) < 4.78 is 20.8. The molecular formula is C28H29FN2O3S. The van der Waals surface area contributed by atoms with Gasteiger partial charge in [-0.3, -0.25) is 4.79 Å². The number of hydrogen-bond donors (Lipinski definition) is 2. The summed E-state index contributed by atoms with van der Waals surface area (Å²) in [6.07, 6.45) is 0.327. The van der Waals surface area contributed by atoms with E-state index in [1.165, 1.54) is 12.1 Å². The van der Waals surface area contributed by atoms with E-state index in [4.69, 9.17) is 4.74 Å². The van der Waals surface area contributed by atoms with Crippen molar-refractivity contribution >= 4 is 38.9 Å². The van der Waals surface area contributed by atoms with E-state index in [-0.39, 0.29) is 18.2 Å². The van der Waals surface area contributed by atoms with Crippen LogP contribution in [0.25, 0.3) is 10.2 Å². The van der Waals surface area contributed by atoms with Crippen molar-refractivity contribution in [2.75, 3.05) is 11.9 Å². The van der Waals surface area contributed by atoms with Gasteiger partial charge in [0, 0.05) is 18.0 Å². The summed E-state index contributed by atoms with van der Waals surface area (Å²) in [7, 11) is 0. The van der Waals surface area contributed by atoms with Crippen LogP contribution in [0.4, 0.5) is 15.8 Å². The lowest BCUT2D eigenvalue weighted by atomic mass is 9.89. The lowest BCUT2D eigenvalue weighted by molar-refractivity contribution is -0.137. The Kier molecular flexibility index (Phi) is 7.78. The molecule has 4 aromatic rings. The summed E-state index contributed by atoms with van der Waals surface area (Å²) in [4.78, 5) is 16.1. The highest BCUT2D eigenvalue weighted by atomic mass is 32.1. The van der Waals surface area contributed by atoms with Gasteiger partial charge >= 0.3 is 5.97 Å². The van der Waals surface area contributed by atoms with Crippen LogP contribution < -0.4 is 5.32 Å². The van der Waals surface area contributed by atoms with Crippen LogP contribution in [0.1, 0.15) is 60.4 Å². The number of aliphatic carboxylic acids is 1. The fourth-order valence-corrected chi connectivity index (χ4v) is 5.18. The molecule has 0 fully saturated rings. The standard InChI is InChI=1S/C28H29FN2O3S/c1-4-18(15-27(32)33)20-12-21(28(34-5-2)19-6-8-22(29)9-7-19)14-24(13-20)31-23-10-11-25-26(16-23)35-17(3)30-25/h6-14,16,18,28,31H,4-5,15H2,1-3H3,(H,32,33)/t18-,28-/m0/s1. The minimum Gasteiger partial charge on any atom is -0.481 e. The van der Waals surface area contributed by atoms with Crippen LogP contribution in [0.5, 0.6) is 0 Å². The van der Waals surface area contributed by atoms with Crippen molar-refractivity contribution in [1.29, 1.82) is 0 Å². The predicted octanol–water partition coefficient (Wildman–Crippen LogP) is 7.58. The van der Waals surface area contributed by atoms with E-state index in [2.05, 4.69) is 16.4 Å². The Balaban J connectivity index is 1.77. The van der Waals surface area contributed by atoms with Crippen molar-refractivity contribution in [3.63, 3.8) is 0 Å². The number of carboxylic acid groups (broad SMARTS) is 1. The summed E-state index contributed by atoms with van der Waals surface area (Å²) in [5.74, 6) is -1.28. The Bertz CT molecular complexity index is 1320. The maximum Gasteiger partial charge on any atom is 0.303 e. The third kappa shape index (κ3) is 6.05. The van der Waals surface area contributed by atoms with Gasteiger partial charge in [0.05, 0.1) is 21.6 Å². The molecule has 0 unspecified atom stereocenters. The molecule has 5 nitrogen and oxygen atoms in total. The SMILES string of the molecule is CCO[C@@H](c1ccc(F)cc1)c1cc(Nc2ccc3nc(C)sc3c2)cc([C@@H](CC)CC(=O)O)c1. The Labute approximate surface area is 208 Å². The van der Waals surface area contributed by atoms with Gasteiger partial charge in [0.25, 0.3) is 0 Å². The number of benzene rings is 3. The quantitative estimate of drug-likeness (QED) is 0.239. The van der Waals surface area contributed by atoms with Crippen molar-refractivity contribution in [3.8, 4) is 0 Å². The van der Waals surface area contributed by atoms with Crippen molar-refractivity contribution in [1.82, 2.24) is 4.98 Å². The van der Waals surface area contributed by atoms with Crippen LogP contribution in [0, 0.1) is 12.7 Å². The van der Waals surface area contributed by atoms with Gasteiger partial charge in [-0.25, -0.2) is 9.37 Å². The average molecular weight is 493 g/mol. The molecule has 0 aliphatic carbocycles. The monoisotopic (exact) mass is 492 g/mol. The number of thiazole rings is 1. The van der Waals surface area contributed by atoms with Crippen molar-refractivity contribution in [2.24, 2.45) is 0 Å². The highest BCUT2D eigenvalue weighted by Crippen LogP contribution is 2.35. The van der Waals surface area contributed by atoms with Crippen LogP contribution in [0.15, 0.2) is 60.7 Å². The van der Waals surface area contributed by atoms with E-state index in [1.54, 1.807) is 23.5 Å². The number of carboxylic acids is 1. The van der Waals surface area contributed by atoms with Gasteiger partial charge in [-0.15, -0.1) is 11.3 Å². The van der Waals surface area contributed by atoms with E-state index in [0.29, 0.717) is 13.0 Å². The zero-order chi connectivity index (χ0) is 24.9. The largest absolute Gasteiger partial charge is 0.481 e. The molecule has 1 heterocycles. The first-order valence-electron chi connectivity index (χ1n) is 11.7. The maximum absolute atomic E-state index is 13.6. The molecule has 0 saturated heterocycles. The first-order valence-corrected chi connectivity index (χ1v) is 12.6. The number of halogens is 1. The minimum atomic E-state index is -0.831. The lowest BCUT2D eigenvalue weighted by Gasteiger charge is -2.23. The van der Waals surface area contributed by atoms with Gasteiger partial charge in [-0.1, -0.05) is 25.1 Å². The van der Waals surface area contributed by atoms with E-state index in [9.17, 15) is 14.3 Å². The lowest BCUT2D eigenvalue weighted by Crippen LogP contribution is -2.10. The smallest absolute Gasteiger partial charge is 0.303 e. The van der Waals surface area contributed by atoms with E-state index >= 15 is 0 Å². The van der Waals surface area contributed by atoms with Gasteiger partial charge in [-0.2, -0.15) is 0 Å². The molecular weight excluding hydrogens is 463 g/mol. The molecule has 182 valence electrons. The summed E-state index contributed by atoms with van der Waals surface area (Å²) in [5, 5.41) is 14.0. The van der Waals surface area contributed by atoms with Gasteiger partial charge in [-0.05, 0) is 85.3 Å². The molecule has 35 heavy (non-hydrogen) atoms. The minimum absolute atomic E-state index is 0.0430. The number of hydrogen-bond acceptors (Lipinski definition) is 5. The number of fused-ring (bicyclic) bond motifs is 1. The van der Waals surface area contributed by atoms with Crippen LogP contribution in [-0.4, -0.2) is 22.7 Å². The van der Waals surface area contributed by atoms with Crippen LogP contribution in [0.3, 0.4) is 0 Å². The first kappa shape index (κ1) is 24.8. The molecule has 2 atom stereocenters. The predicted molar refractivity (Wildman–Crippen MR) is 139 cm³/mol. The van der Waals surface area contributed by atoms with Crippen LogP contribution in [0.2, 0.25) is 0 Å². The molecule has 0 radical (unpaired) electrons. The molecule has 3 aromatic carbocycles. The van der Waals surface area contributed by atoms with Crippen molar-refractivity contribution in [3.05, 3.63) is 88.2 Å². The van der Waals surface area contributed by atoms with E-state index < -0.39 is 12.1 Å². The molecule has 2 N–H and O–H groups in total. The maximum atomic E-state index is 13.6. The van der Waals surface area contributed by atoms with Crippen LogP contribution in [-0.2, 0) is 9.53 Å². The first-order chi connectivity index (χ1) is 16.9. The number of carbonyl (C=O) groups is 1. The molecule has 0 spiro atoms. The molecule has 0 aliphatic rings. The van der Waals surface area contributed by atoms with Crippen LogP contribution >= 0.6 is 11.3 Å². The van der Waals surface area contributed by atoms with Gasteiger partial charge in [0.1, 0.15) is 11.9 Å². The molecule has 7 heteroatoms. The van der Waals surface area contributed by atoms with Crippen molar-refractivity contribution in [2.45, 2.75) is 45.6 Å². The molecule has 1 aromatic heterocycles.